The van der Waals surface area contributed by atoms with Gasteiger partial charge in [-0.3, -0.25) is 9.69 Å². The Bertz CT molecular complexity index is 684. The Morgan fingerprint density at radius 1 is 1.33 bits per heavy atom. The molecular weight excluding hydrogens is 326 g/mol. The minimum Gasteiger partial charge on any atom is -0.325 e. The summed E-state index contributed by atoms with van der Waals surface area (Å²) in [5.74, 6) is 0.622. The first kappa shape index (κ1) is 18.9. The SMILES string of the molecule is CCCN(CC(=O)Nc1ccc(C)c(S(=O)(=O)NC)c1)CC1CC1. The maximum atomic E-state index is 12.3. The van der Waals surface area contributed by atoms with Crippen LogP contribution in [0.1, 0.15) is 31.7 Å². The van der Waals surface area contributed by atoms with Gasteiger partial charge in [-0.1, -0.05) is 13.0 Å². The van der Waals surface area contributed by atoms with Crippen molar-refractivity contribution in [3.8, 4) is 0 Å². The lowest BCUT2D eigenvalue weighted by molar-refractivity contribution is -0.117. The van der Waals surface area contributed by atoms with Crippen LogP contribution in [0.4, 0.5) is 5.69 Å². The minimum absolute atomic E-state index is 0.110. The van der Waals surface area contributed by atoms with Crippen molar-refractivity contribution in [3.63, 3.8) is 0 Å². The normalized spacial score (nSPS) is 14.8. The first-order chi connectivity index (χ1) is 11.4. The quantitative estimate of drug-likeness (QED) is 0.711. The Labute approximate surface area is 144 Å². The molecule has 0 unspecified atom stereocenters. The van der Waals surface area contributed by atoms with Gasteiger partial charge in [0.25, 0.3) is 0 Å². The smallest absolute Gasteiger partial charge is 0.240 e. The second-order valence-corrected chi connectivity index (χ2v) is 8.27. The van der Waals surface area contributed by atoms with E-state index in [4.69, 9.17) is 0 Å². The predicted octanol–water partition coefficient (Wildman–Crippen LogP) is 1.96. The highest BCUT2D eigenvalue weighted by molar-refractivity contribution is 7.89. The summed E-state index contributed by atoms with van der Waals surface area (Å²) in [5.41, 5.74) is 1.14. The second-order valence-electron chi connectivity index (χ2n) is 6.41. The van der Waals surface area contributed by atoms with E-state index < -0.39 is 10.0 Å². The maximum absolute atomic E-state index is 12.3. The van der Waals surface area contributed by atoms with Gasteiger partial charge in [0.05, 0.1) is 11.4 Å². The van der Waals surface area contributed by atoms with E-state index in [1.54, 1.807) is 19.1 Å². The molecule has 24 heavy (non-hydrogen) atoms. The molecule has 0 bridgehead atoms. The highest BCUT2D eigenvalue weighted by Gasteiger charge is 2.25. The first-order valence-electron chi connectivity index (χ1n) is 8.42. The highest BCUT2D eigenvalue weighted by atomic mass is 32.2. The minimum atomic E-state index is -3.54. The topological polar surface area (TPSA) is 78.5 Å². The summed E-state index contributed by atoms with van der Waals surface area (Å²) in [5, 5.41) is 2.82. The van der Waals surface area contributed by atoms with Crippen LogP contribution in [-0.4, -0.2) is 45.9 Å². The Morgan fingerprint density at radius 2 is 2.04 bits per heavy atom. The van der Waals surface area contributed by atoms with Gasteiger partial charge < -0.3 is 5.32 Å². The number of rotatable bonds is 9. The zero-order valence-corrected chi connectivity index (χ0v) is 15.4. The summed E-state index contributed by atoms with van der Waals surface area (Å²) >= 11 is 0. The Morgan fingerprint density at radius 3 is 2.62 bits per heavy atom. The molecule has 0 heterocycles. The summed E-state index contributed by atoms with van der Waals surface area (Å²) in [6.07, 6.45) is 3.52. The summed E-state index contributed by atoms with van der Waals surface area (Å²) in [4.78, 5) is 14.7. The molecule has 134 valence electrons. The van der Waals surface area contributed by atoms with Crippen LogP contribution < -0.4 is 10.0 Å². The molecule has 0 radical (unpaired) electrons. The molecule has 0 aromatic heterocycles. The number of nitrogens with one attached hydrogen (secondary N) is 2. The Balaban J connectivity index is 2.04. The largest absolute Gasteiger partial charge is 0.325 e. The summed E-state index contributed by atoms with van der Waals surface area (Å²) < 4.78 is 26.3. The van der Waals surface area contributed by atoms with Crippen LogP contribution in [0, 0.1) is 12.8 Å². The molecule has 1 aromatic carbocycles. The van der Waals surface area contributed by atoms with Crippen molar-refractivity contribution in [2.45, 2.75) is 38.0 Å². The number of carbonyl (C=O) groups is 1. The number of anilines is 1. The van der Waals surface area contributed by atoms with E-state index in [9.17, 15) is 13.2 Å². The second kappa shape index (κ2) is 8.09. The van der Waals surface area contributed by atoms with Crippen LogP contribution in [0.15, 0.2) is 23.1 Å². The van der Waals surface area contributed by atoms with E-state index in [1.165, 1.54) is 26.0 Å². The first-order valence-corrected chi connectivity index (χ1v) is 9.90. The fourth-order valence-corrected chi connectivity index (χ4v) is 3.69. The van der Waals surface area contributed by atoms with Gasteiger partial charge in [0, 0.05) is 12.2 Å². The van der Waals surface area contributed by atoms with E-state index in [2.05, 4.69) is 21.9 Å². The van der Waals surface area contributed by atoms with Crippen molar-refractivity contribution in [2.75, 3.05) is 32.0 Å². The number of nitrogens with zero attached hydrogens (tertiary/aromatic N) is 1. The van der Waals surface area contributed by atoms with Crippen LogP contribution >= 0.6 is 0 Å². The molecule has 0 aliphatic heterocycles. The summed E-state index contributed by atoms with van der Waals surface area (Å²) in [7, 11) is -2.16. The van der Waals surface area contributed by atoms with E-state index >= 15 is 0 Å². The molecule has 1 aliphatic carbocycles. The molecule has 2 rings (SSSR count). The highest BCUT2D eigenvalue weighted by Crippen LogP contribution is 2.29. The summed E-state index contributed by atoms with van der Waals surface area (Å²) in [6, 6.07) is 4.94. The lowest BCUT2D eigenvalue weighted by atomic mass is 10.2. The average Bonchev–Trinajstić information content (AvgIpc) is 3.33. The Hall–Kier alpha value is -1.44. The Kier molecular flexibility index (Phi) is 6.37. The molecule has 1 saturated carbocycles. The molecule has 2 N–H and O–H groups in total. The fraction of sp³-hybridized carbons (Fsp3) is 0.588. The molecule has 6 nitrogen and oxygen atoms in total. The zero-order chi connectivity index (χ0) is 17.7. The molecule has 1 aliphatic rings. The van der Waals surface area contributed by atoms with Gasteiger partial charge in [-0.25, -0.2) is 13.1 Å². The van der Waals surface area contributed by atoms with E-state index in [0.717, 1.165) is 25.4 Å². The third kappa shape index (κ3) is 5.29. The van der Waals surface area contributed by atoms with E-state index in [1.807, 2.05) is 0 Å². The fourth-order valence-electron chi connectivity index (χ4n) is 2.70. The lowest BCUT2D eigenvalue weighted by Gasteiger charge is -2.21. The van der Waals surface area contributed by atoms with Gasteiger partial charge in [0.2, 0.25) is 15.9 Å². The van der Waals surface area contributed by atoms with Crippen molar-refractivity contribution in [1.29, 1.82) is 0 Å². The zero-order valence-electron chi connectivity index (χ0n) is 14.6. The van der Waals surface area contributed by atoms with Gasteiger partial charge in [-0.05, 0) is 63.4 Å². The number of amides is 1. The van der Waals surface area contributed by atoms with E-state index in [0.29, 0.717) is 17.8 Å². The molecule has 0 spiro atoms. The van der Waals surface area contributed by atoms with Crippen LogP contribution in [-0.2, 0) is 14.8 Å². The molecule has 0 atom stereocenters. The molecule has 1 aromatic rings. The monoisotopic (exact) mass is 353 g/mol. The molecule has 7 heteroatoms. The molecule has 1 fully saturated rings. The lowest BCUT2D eigenvalue weighted by Crippen LogP contribution is -2.35. The standard InChI is InChI=1S/C17H27N3O3S/c1-4-9-20(11-14-6-7-14)12-17(21)19-15-8-5-13(2)16(10-15)24(22,23)18-3/h5,8,10,14,18H,4,6-7,9,11-12H2,1-3H3,(H,19,21). The van der Waals surface area contributed by atoms with Gasteiger partial charge in [0.15, 0.2) is 0 Å². The molecule has 0 saturated heterocycles. The number of carbonyl (C=O) groups excluding carboxylic acids is 1. The van der Waals surface area contributed by atoms with Crippen LogP contribution in [0.2, 0.25) is 0 Å². The van der Waals surface area contributed by atoms with Gasteiger partial charge in [0.1, 0.15) is 0 Å². The third-order valence-corrected chi connectivity index (χ3v) is 5.71. The van der Waals surface area contributed by atoms with Gasteiger partial charge in [-0.15, -0.1) is 0 Å². The number of aryl methyl sites for hydroxylation is 1. The van der Waals surface area contributed by atoms with Crippen molar-refractivity contribution in [1.82, 2.24) is 9.62 Å². The van der Waals surface area contributed by atoms with Crippen molar-refractivity contribution in [2.24, 2.45) is 5.92 Å². The summed E-state index contributed by atoms with van der Waals surface area (Å²) in [6.45, 7) is 6.04. The number of sulfonamides is 1. The third-order valence-electron chi connectivity index (χ3n) is 4.15. The maximum Gasteiger partial charge on any atom is 0.240 e. The van der Waals surface area contributed by atoms with Gasteiger partial charge in [-0.2, -0.15) is 0 Å². The van der Waals surface area contributed by atoms with Crippen molar-refractivity contribution < 1.29 is 13.2 Å². The number of benzene rings is 1. The van der Waals surface area contributed by atoms with Gasteiger partial charge >= 0.3 is 0 Å². The van der Waals surface area contributed by atoms with Crippen LogP contribution in [0.25, 0.3) is 0 Å². The predicted molar refractivity (Wildman–Crippen MR) is 95.5 cm³/mol. The van der Waals surface area contributed by atoms with Crippen molar-refractivity contribution >= 4 is 21.6 Å². The average molecular weight is 353 g/mol. The van der Waals surface area contributed by atoms with Crippen molar-refractivity contribution in [3.05, 3.63) is 23.8 Å². The molecule has 1 amide bonds. The number of hydrogen-bond donors (Lipinski definition) is 2. The van der Waals surface area contributed by atoms with Crippen LogP contribution in [0.5, 0.6) is 0 Å². The van der Waals surface area contributed by atoms with Crippen LogP contribution in [0.3, 0.4) is 0 Å². The number of hydrogen-bond acceptors (Lipinski definition) is 4. The van der Waals surface area contributed by atoms with E-state index in [-0.39, 0.29) is 10.8 Å². The molecular formula is C17H27N3O3S.